The molecule has 3 N–H and O–H groups in total. The van der Waals surface area contributed by atoms with Gasteiger partial charge in [0.15, 0.2) is 11.5 Å². The Morgan fingerprint density at radius 3 is 2.72 bits per heavy atom. The highest BCUT2D eigenvalue weighted by atomic mass is 35.5. The monoisotopic (exact) mass is 415 g/mol. The van der Waals surface area contributed by atoms with Crippen molar-refractivity contribution in [1.29, 1.82) is 0 Å². The van der Waals surface area contributed by atoms with Crippen LogP contribution in [-0.2, 0) is 4.79 Å². The SMILES string of the molecule is O=C(O)[C@H]1C2CCC(CC2)[C@@H]1Nc1cc(-c2c[nH]c3ncc(Cl)nc23)ncc1F. The van der Waals surface area contributed by atoms with Crippen LogP contribution < -0.4 is 5.32 Å². The Morgan fingerprint density at radius 1 is 1.21 bits per heavy atom. The van der Waals surface area contributed by atoms with Crippen molar-refractivity contribution in [2.45, 2.75) is 31.7 Å². The number of nitrogens with zero attached hydrogens (tertiary/aromatic N) is 3. The number of anilines is 1. The van der Waals surface area contributed by atoms with Gasteiger partial charge in [0, 0.05) is 17.8 Å². The molecule has 3 saturated carbocycles. The molecule has 3 aliphatic carbocycles. The maximum absolute atomic E-state index is 14.6. The second kappa shape index (κ2) is 6.95. The number of hydrogen-bond donors (Lipinski definition) is 3. The summed E-state index contributed by atoms with van der Waals surface area (Å²) in [5, 5.41) is 13.2. The Kier molecular flexibility index (Phi) is 4.38. The minimum Gasteiger partial charge on any atom is -0.481 e. The lowest BCUT2D eigenvalue weighted by molar-refractivity contribution is -0.148. The number of pyridine rings is 1. The highest BCUT2D eigenvalue weighted by molar-refractivity contribution is 6.29. The van der Waals surface area contributed by atoms with Gasteiger partial charge in [0.25, 0.3) is 0 Å². The fourth-order valence-corrected chi connectivity index (χ4v) is 5.09. The molecule has 0 spiro atoms. The van der Waals surface area contributed by atoms with Crippen molar-refractivity contribution in [2.75, 3.05) is 5.32 Å². The number of fused-ring (bicyclic) bond motifs is 4. The number of nitrogens with one attached hydrogen (secondary N) is 2. The summed E-state index contributed by atoms with van der Waals surface area (Å²) in [4.78, 5) is 27.6. The first-order valence-electron chi connectivity index (χ1n) is 9.66. The van der Waals surface area contributed by atoms with Crippen molar-refractivity contribution in [3.63, 3.8) is 0 Å². The summed E-state index contributed by atoms with van der Waals surface area (Å²) >= 11 is 5.97. The molecule has 150 valence electrons. The largest absolute Gasteiger partial charge is 0.481 e. The van der Waals surface area contributed by atoms with Crippen molar-refractivity contribution in [3.8, 4) is 11.3 Å². The van der Waals surface area contributed by atoms with E-state index in [9.17, 15) is 14.3 Å². The van der Waals surface area contributed by atoms with E-state index in [-0.39, 0.29) is 28.7 Å². The summed E-state index contributed by atoms with van der Waals surface area (Å²) in [5.41, 5.74) is 2.51. The van der Waals surface area contributed by atoms with Crippen LogP contribution >= 0.6 is 11.6 Å². The first-order chi connectivity index (χ1) is 14.0. The van der Waals surface area contributed by atoms with Crippen LogP contribution in [0, 0.1) is 23.6 Å². The predicted molar refractivity (Wildman–Crippen MR) is 106 cm³/mol. The molecule has 0 unspecified atom stereocenters. The number of aromatic amines is 1. The summed E-state index contributed by atoms with van der Waals surface area (Å²) in [5.74, 6) is -1.45. The number of halogens is 2. The summed E-state index contributed by atoms with van der Waals surface area (Å²) < 4.78 is 14.6. The number of hydrogen-bond acceptors (Lipinski definition) is 5. The second-order valence-electron chi connectivity index (χ2n) is 7.85. The van der Waals surface area contributed by atoms with E-state index < -0.39 is 17.7 Å². The number of carbonyl (C=O) groups is 1. The fourth-order valence-electron chi connectivity index (χ4n) is 4.95. The van der Waals surface area contributed by atoms with Gasteiger partial charge in [-0.25, -0.2) is 14.4 Å². The number of rotatable bonds is 4. The van der Waals surface area contributed by atoms with Gasteiger partial charge in [-0.1, -0.05) is 11.6 Å². The average Bonchev–Trinajstić information content (AvgIpc) is 3.13. The third-order valence-electron chi connectivity index (χ3n) is 6.31. The molecule has 7 nitrogen and oxygen atoms in total. The van der Waals surface area contributed by atoms with Crippen LogP contribution in [0.5, 0.6) is 0 Å². The van der Waals surface area contributed by atoms with E-state index in [1.54, 1.807) is 12.3 Å². The normalized spacial score (nSPS) is 26.0. The lowest BCUT2D eigenvalue weighted by Gasteiger charge is -2.47. The van der Waals surface area contributed by atoms with Crippen LogP contribution in [0.1, 0.15) is 25.7 Å². The van der Waals surface area contributed by atoms with Gasteiger partial charge in [0.1, 0.15) is 10.7 Å². The van der Waals surface area contributed by atoms with E-state index in [4.69, 9.17) is 11.6 Å². The molecule has 6 rings (SSSR count). The Labute approximate surface area is 170 Å². The Morgan fingerprint density at radius 2 is 1.97 bits per heavy atom. The molecule has 0 amide bonds. The van der Waals surface area contributed by atoms with Gasteiger partial charge < -0.3 is 15.4 Å². The zero-order valence-corrected chi connectivity index (χ0v) is 16.2. The quantitative estimate of drug-likeness (QED) is 0.592. The molecule has 3 aromatic rings. The molecule has 0 radical (unpaired) electrons. The molecule has 0 saturated heterocycles. The molecule has 9 heteroatoms. The van der Waals surface area contributed by atoms with Gasteiger partial charge in [0.2, 0.25) is 0 Å². The smallest absolute Gasteiger partial charge is 0.308 e. The number of aromatic nitrogens is 4. The summed E-state index contributed by atoms with van der Waals surface area (Å²) in [6.45, 7) is 0. The summed E-state index contributed by atoms with van der Waals surface area (Å²) in [7, 11) is 0. The molecule has 3 heterocycles. The molecular formula is C20H19ClFN5O2. The number of H-pyrrole nitrogens is 1. The van der Waals surface area contributed by atoms with E-state index in [0.717, 1.165) is 31.9 Å². The average molecular weight is 416 g/mol. The van der Waals surface area contributed by atoms with E-state index in [2.05, 4.69) is 25.3 Å². The third kappa shape index (κ3) is 3.11. The molecule has 29 heavy (non-hydrogen) atoms. The number of aliphatic carboxylic acids is 1. The molecule has 2 bridgehead atoms. The van der Waals surface area contributed by atoms with Crippen molar-refractivity contribution in [3.05, 3.63) is 35.6 Å². The Bertz CT molecular complexity index is 1100. The lowest BCUT2D eigenvalue weighted by atomic mass is 9.61. The Balaban J connectivity index is 1.51. The topological polar surface area (TPSA) is 104 Å². The molecule has 3 aliphatic rings. The van der Waals surface area contributed by atoms with Gasteiger partial charge in [-0.15, -0.1) is 0 Å². The molecular weight excluding hydrogens is 397 g/mol. The van der Waals surface area contributed by atoms with Gasteiger partial charge >= 0.3 is 5.97 Å². The maximum atomic E-state index is 14.6. The van der Waals surface area contributed by atoms with Crippen LogP contribution in [0.25, 0.3) is 22.4 Å². The van der Waals surface area contributed by atoms with E-state index in [0.29, 0.717) is 22.4 Å². The van der Waals surface area contributed by atoms with Crippen LogP contribution in [0.4, 0.5) is 10.1 Å². The standard InChI is InChI=1S/C20H19ClFN5O2/c21-15-8-25-19-18(27-15)11(6-24-19)13-5-14(12(22)7-23-13)26-17-10-3-1-9(2-4-10)16(17)20(28)29/h5-10,16-17H,1-4H2,(H,23,26)(H,24,25)(H,28,29)/t9?,10?,16-,17-/m0/s1. The molecule has 3 aromatic heterocycles. The van der Waals surface area contributed by atoms with Gasteiger partial charge in [-0.2, -0.15) is 0 Å². The first-order valence-corrected chi connectivity index (χ1v) is 10.0. The van der Waals surface area contributed by atoms with Crippen LogP contribution in [-0.4, -0.2) is 37.1 Å². The van der Waals surface area contributed by atoms with Crippen molar-refractivity contribution in [1.82, 2.24) is 19.9 Å². The molecule has 3 fully saturated rings. The van der Waals surface area contributed by atoms with Crippen molar-refractivity contribution >= 4 is 34.4 Å². The summed E-state index contributed by atoms with van der Waals surface area (Å²) in [6.07, 6.45) is 8.10. The zero-order chi connectivity index (χ0) is 20.1. The Hall–Kier alpha value is -2.74. The zero-order valence-electron chi connectivity index (χ0n) is 15.4. The first kappa shape index (κ1) is 18.3. The van der Waals surface area contributed by atoms with Crippen LogP contribution in [0.2, 0.25) is 5.15 Å². The highest BCUT2D eigenvalue weighted by Gasteiger charge is 2.47. The second-order valence-corrected chi connectivity index (χ2v) is 8.24. The van der Waals surface area contributed by atoms with Crippen LogP contribution in [0.3, 0.4) is 0 Å². The summed E-state index contributed by atoms with van der Waals surface area (Å²) in [6, 6.07) is 1.31. The molecule has 0 aromatic carbocycles. The number of carboxylic acids is 1. The third-order valence-corrected chi connectivity index (χ3v) is 6.49. The fraction of sp³-hybridized carbons (Fsp3) is 0.400. The van der Waals surface area contributed by atoms with Gasteiger partial charge in [0.05, 0.1) is 29.7 Å². The van der Waals surface area contributed by atoms with E-state index in [1.807, 2.05) is 0 Å². The highest BCUT2D eigenvalue weighted by Crippen LogP contribution is 2.46. The van der Waals surface area contributed by atoms with Crippen molar-refractivity contribution in [2.24, 2.45) is 17.8 Å². The van der Waals surface area contributed by atoms with Crippen molar-refractivity contribution < 1.29 is 14.3 Å². The molecule has 2 atom stereocenters. The minimum absolute atomic E-state index is 0.144. The van der Waals surface area contributed by atoms with E-state index in [1.165, 1.54) is 6.20 Å². The maximum Gasteiger partial charge on any atom is 0.308 e. The van der Waals surface area contributed by atoms with Gasteiger partial charge in [-0.05, 0) is 43.6 Å². The van der Waals surface area contributed by atoms with E-state index >= 15 is 0 Å². The number of carboxylic acid groups (broad SMARTS) is 1. The van der Waals surface area contributed by atoms with Gasteiger partial charge in [-0.3, -0.25) is 9.78 Å². The minimum atomic E-state index is -0.812. The molecule has 0 aliphatic heterocycles. The predicted octanol–water partition coefficient (Wildman–Crippen LogP) is 4.11. The lowest BCUT2D eigenvalue weighted by Crippen LogP contribution is -2.51. The van der Waals surface area contributed by atoms with Crippen LogP contribution in [0.15, 0.2) is 24.7 Å².